The fourth-order valence-electron chi connectivity index (χ4n) is 4.60. The molecule has 0 spiro atoms. The Morgan fingerprint density at radius 1 is 0.844 bits per heavy atom. The summed E-state index contributed by atoms with van der Waals surface area (Å²) in [6.07, 6.45) is 0. The Labute approximate surface area is 190 Å². The highest BCUT2D eigenvalue weighted by Gasteiger charge is 2.32. The molecule has 0 unspecified atom stereocenters. The van der Waals surface area contributed by atoms with Crippen molar-refractivity contribution in [3.05, 3.63) is 83.9 Å². The molecule has 4 rings (SSSR count). The Hall–Kier alpha value is -3.31. The van der Waals surface area contributed by atoms with Crippen LogP contribution >= 0.6 is 0 Å². The van der Waals surface area contributed by atoms with Gasteiger partial charge in [-0.25, -0.2) is 0 Å². The topological polar surface area (TPSA) is 42.0 Å². The average Bonchev–Trinajstić information content (AvgIpc) is 2.84. The molecule has 0 aromatic heterocycles. The molecule has 1 saturated heterocycles. The second-order valence-electron chi connectivity index (χ2n) is 8.06. The van der Waals surface area contributed by atoms with Crippen LogP contribution in [-0.4, -0.2) is 49.6 Å². The first-order chi connectivity index (χ1) is 15.6. The van der Waals surface area contributed by atoms with Gasteiger partial charge in [-0.05, 0) is 23.3 Å². The third-order valence-electron chi connectivity index (χ3n) is 6.18. The molecular formula is C27H30N2O3. The van der Waals surface area contributed by atoms with Crippen molar-refractivity contribution in [1.29, 1.82) is 0 Å². The van der Waals surface area contributed by atoms with E-state index in [4.69, 9.17) is 9.47 Å². The Morgan fingerprint density at radius 2 is 1.47 bits per heavy atom. The van der Waals surface area contributed by atoms with Crippen LogP contribution in [-0.2, 0) is 11.3 Å². The van der Waals surface area contributed by atoms with Gasteiger partial charge >= 0.3 is 0 Å². The van der Waals surface area contributed by atoms with E-state index in [9.17, 15) is 4.79 Å². The maximum atomic E-state index is 12.4. The lowest BCUT2D eigenvalue weighted by atomic mass is 9.97. The Morgan fingerprint density at radius 3 is 2.19 bits per heavy atom. The van der Waals surface area contributed by atoms with Crippen LogP contribution in [0.3, 0.4) is 0 Å². The van der Waals surface area contributed by atoms with E-state index in [1.165, 1.54) is 11.1 Å². The van der Waals surface area contributed by atoms with Crippen LogP contribution in [0, 0.1) is 0 Å². The molecule has 0 bridgehead atoms. The first kappa shape index (κ1) is 21.9. The van der Waals surface area contributed by atoms with Crippen LogP contribution < -0.4 is 9.47 Å². The fourth-order valence-corrected chi connectivity index (χ4v) is 4.60. The predicted molar refractivity (Wildman–Crippen MR) is 127 cm³/mol. The van der Waals surface area contributed by atoms with E-state index in [-0.39, 0.29) is 11.9 Å². The van der Waals surface area contributed by atoms with Gasteiger partial charge in [0.2, 0.25) is 5.91 Å². The van der Waals surface area contributed by atoms with E-state index in [1.807, 2.05) is 41.3 Å². The highest BCUT2D eigenvalue weighted by Crippen LogP contribution is 2.35. The number of para-hydroxylation sites is 2. The van der Waals surface area contributed by atoms with Crippen LogP contribution in [0.1, 0.15) is 24.1 Å². The zero-order valence-electron chi connectivity index (χ0n) is 19.0. The Balaban J connectivity index is 1.63. The van der Waals surface area contributed by atoms with Gasteiger partial charge in [-0.2, -0.15) is 0 Å². The molecule has 166 valence electrons. The summed E-state index contributed by atoms with van der Waals surface area (Å²) in [5.41, 5.74) is 4.56. The molecule has 0 N–H and O–H groups in total. The number of carbonyl (C=O) groups is 1. The first-order valence-electron chi connectivity index (χ1n) is 11.0. The van der Waals surface area contributed by atoms with Crippen molar-refractivity contribution in [3.8, 4) is 22.6 Å². The minimum absolute atomic E-state index is 0.0455. The molecule has 0 radical (unpaired) electrons. The molecule has 1 fully saturated rings. The van der Waals surface area contributed by atoms with Gasteiger partial charge in [0.1, 0.15) is 11.5 Å². The summed E-state index contributed by atoms with van der Waals surface area (Å²) in [6, 6.07) is 24.5. The quantitative estimate of drug-likeness (QED) is 0.565. The summed E-state index contributed by atoms with van der Waals surface area (Å²) in [4.78, 5) is 16.8. The smallest absolute Gasteiger partial charge is 0.220 e. The summed E-state index contributed by atoms with van der Waals surface area (Å²) in [7, 11) is 3.39. The van der Waals surface area contributed by atoms with Gasteiger partial charge in [0, 0.05) is 44.2 Å². The highest BCUT2D eigenvalue weighted by atomic mass is 16.5. The van der Waals surface area contributed by atoms with Crippen LogP contribution in [0.15, 0.2) is 72.8 Å². The zero-order chi connectivity index (χ0) is 22.5. The Bertz CT molecular complexity index is 1080. The molecule has 1 aliphatic rings. The molecule has 1 aliphatic heterocycles. The minimum atomic E-state index is -0.0455. The number of piperazine rings is 1. The molecule has 3 aromatic carbocycles. The summed E-state index contributed by atoms with van der Waals surface area (Å²) in [5, 5.41) is 0. The number of carbonyl (C=O) groups excluding carboxylic acids is 1. The molecule has 32 heavy (non-hydrogen) atoms. The maximum absolute atomic E-state index is 12.4. The maximum Gasteiger partial charge on any atom is 0.220 e. The number of hydrogen-bond acceptors (Lipinski definition) is 4. The van der Waals surface area contributed by atoms with Gasteiger partial charge in [0.15, 0.2) is 0 Å². The van der Waals surface area contributed by atoms with Crippen molar-refractivity contribution in [3.63, 3.8) is 0 Å². The number of benzene rings is 3. The predicted octanol–water partition coefficient (Wildman–Crippen LogP) is 4.78. The number of hydrogen-bond donors (Lipinski definition) is 0. The van der Waals surface area contributed by atoms with Gasteiger partial charge < -0.3 is 14.4 Å². The standard InChI is InChI=1S/C27H30N2O3/c1-20(30)29-17-16-28(19-25(29)24-13-7-9-15-27(24)32-3)18-21-10-4-5-11-22(21)23-12-6-8-14-26(23)31-2/h4-15,25H,16-19H2,1-3H3/t25-/m1/s1. The lowest BCUT2D eigenvalue weighted by Gasteiger charge is -2.42. The summed E-state index contributed by atoms with van der Waals surface area (Å²) < 4.78 is 11.2. The number of nitrogens with zero attached hydrogens (tertiary/aromatic N) is 2. The van der Waals surface area contributed by atoms with Gasteiger partial charge in [0.25, 0.3) is 0 Å². The van der Waals surface area contributed by atoms with Crippen LogP contribution in [0.4, 0.5) is 0 Å². The molecule has 0 aliphatic carbocycles. The van der Waals surface area contributed by atoms with E-state index in [0.29, 0.717) is 6.54 Å². The molecule has 1 heterocycles. The second kappa shape index (κ2) is 9.88. The number of ether oxygens (including phenoxy) is 2. The molecule has 1 amide bonds. The molecular weight excluding hydrogens is 400 g/mol. The number of amides is 1. The van der Waals surface area contributed by atoms with Crippen molar-refractivity contribution in [2.24, 2.45) is 0 Å². The van der Waals surface area contributed by atoms with Crippen molar-refractivity contribution in [2.75, 3.05) is 33.9 Å². The normalized spacial score (nSPS) is 16.6. The third-order valence-corrected chi connectivity index (χ3v) is 6.18. The summed E-state index contributed by atoms with van der Waals surface area (Å²) in [5.74, 6) is 1.78. The fraction of sp³-hybridized carbons (Fsp3) is 0.296. The summed E-state index contributed by atoms with van der Waals surface area (Å²) in [6.45, 7) is 4.71. The van der Waals surface area contributed by atoms with Crippen molar-refractivity contribution < 1.29 is 14.3 Å². The third kappa shape index (κ3) is 4.48. The van der Waals surface area contributed by atoms with E-state index in [2.05, 4.69) is 41.3 Å². The van der Waals surface area contributed by atoms with E-state index in [0.717, 1.165) is 42.3 Å². The highest BCUT2D eigenvalue weighted by molar-refractivity contribution is 5.74. The molecule has 5 heteroatoms. The van der Waals surface area contributed by atoms with Crippen LogP contribution in [0.2, 0.25) is 0 Å². The van der Waals surface area contributed by atoms with Crippen molar-refractivity contribution in [2.45, 2.75) is 19.5 Å². The zero-order valence-corrected chi connectivity index (χ0v) is 19.0. The van der Waals surface area contributed by atoms with Crippen molar-refractivity contribution >= 4 is 5.91 Å². The molecule has 5 nitrogen and oxygen atoms in total. The van der Waals surface area contributed by atoms with Gasteiger partial charge in [-0.1, -0.05) is 60.7 Å². The SMILES string of the molecule is COc1ccccc1-c1ccccc1CN1CCN(C(C)=O)[C@@H](c2ccccc2OC)C1. The average molecular weight is 431 g/mol. The van der Waals surface area contributed by atoms with E-state index < -0.39 is 0 Å². The largest absolute Gasteiger partial charge is 0.496 e. The number of rotatable bonds is 6. The van der Waals surface area contributed by atoms with Crippen molar-refractivity contribution in [1.82, 2.24) is 9.80 Å². The number of methoxy groups -OCH3 is 2. The van der Waals surface area contributed by atoms with Crippen LogP contribution in [0.5, 0.6) is 11.5 Å². The molecule has 3 aromatic rings. The van der Waals surface area contributed by atoms with Gasteiger partial charge in [-0.15, -0.1) is 0 Å². The van der Waals surface area contributed by atoms with E-state index in [1.54, 1.807) is 21.1 Å². The molecule has 0 saturated carbocycles. The monoisotopic (exact) mass is 430 g/mol. The van der Waals surface area contributed by atoms with E-state index >= 15 is 0 Å². The Kier molecular flexibility index (Phi) is 6.76. The van der Waals surface area contributed by atoms with Gasteiger partial charge in [-0.3, -0.25) is 9.69 Å². The minimum Gasteiger partial charge on any atom is -0.496 e. The first-order valence-corrected chi connectivity index (χ1v) is 11.0. The lowest BCUT2D eigenvalue weighted by Crippen LogP contribution is -2.49. The lowest BCUT2D eigenvalue weighted by molar-refractivity contribution is -0.134. The molecule has 1 atom stereocenters. The van der Waals surface area contributed by atoms with Gasteiger partial charge in [0.05, 0.1) is 20.3 Å². The van der Waals surface area contributed by atoms with Crippen LogP contribution in [0.25, 0.3) is 11.1 Å². The summed E-state index contributed by atoms with van der Waals surface area (Å²) >= 11 is 0. The second-order valence-corrected chi connectivity index (χ2v) is 8.06.